The molecule has 0 aliphatic heterocycles. The lowest BCUT2D eigenvalue weighted by Crippen LogP contribution is -1.78. The van der Waals surface area contributed by atoms with Crippen LogP contribution in [0.4, 0.5) is 8.78 Å². The number of aromatic nitrogens is 2. The van der Waals surface area contributed by atoms with Crippen molar-refractivity contribution in [2.75, 3.05) is 0 Å². The second-order valence-corrected chi connectivity index (χ2v) is 3.36. The molecule has 0 spiro atoms. The van der Waals surface area contributed by atoms with Gasteiger partial charge in [-0.15, -0.1) is 0 Å². The summed E-state index contributed by atoms with van der Waals surface area (Å²) in [6.45, 7) is 4.00. The highest BCUT2D eigenvalue weighted by Gasteiger charge is 2.06. The second-order valence-electron chi connectivity index (χ2n) is 3.36. The number of nitrogens with one attached hydrogen (secondary N) is 1. The predicted octanol–water partition coefficient (Wildman–Crippen LogP) is 4.02. The van der Waals surface area contributed by atoms with Gasteiger partial charge in [0.05, 0.1) is 6.20 Å². The first-order valence-corrected chi connectivity index (χ1v) is 5.46. The normalized spacial score (nSPS) is 10.4. The summed E-state index contributed by atoms with van der Waals surface area (Å²) in [5, 5.41) is 1.25. The summed E-state index contributed by atoms with van der Waals surface area (Å²) in [7, 11) is 0. The van der Waals surface area contributed by atoms with Crippen LogP contribution in [0, 0.1) is 11.6 Å². The van der Waals surface area contributed by atoms with E-state index in [0.29, 0.717) is 16.4 Å². The van der Waals surface area contributed by atoms with Gasteiger partial charge in [0.15, 0.2) is 0 Å². The minimum Gasteiger partial charge on any atom is -0.339 e. The van der Waals surface area contributed by atoms with Gasteiger partial charge in [-0.25, -0.2) is 13.8 Å². The Kier molecular flexibility index (Phi) is 3.04. The maximum Gasteiger partial charge on any atom is 0.142 e. The molecule has 17 heavy (non-hydrogen) atoms. The van der Waals surface area contributed by atoms with E-state index < -0.39 is 5.82 Å². The molecule has 4 heteroatoms. The van der Waals surface area contributed by atoms with Crippen LogP contribution in [0.1, 0.15) is 13.8 Å². The highest BCUT2D eigenvalue weighted by molar-refractivity contribution is 6.05. The van der Waals surface area contributed by atoms with Gasteiger partial charge in [0.25, 0.3) is 0 Å². The van der Waals surface area contributed by atoms with Crippen LogP contribution >= 0.6 is 0 Å². The highest BCUT2D eigenvalue weighted by atomic mass is 19.1. The van der Waals surface area contributed by atoms with Gasteiger partial charge in [0.1, 0.15) is 17.3 Å². The Morgan fingerprint density at radius 2 is 1.71 bits per heavy atom. The molecule has 0 radical (unpaired) electrons. The summed E-state index contributed by atoms with van der Waals surface area (Å²) < 4.78 is 26.0. The van der Waals surface area contributed by atoms with E-state index >= 15 is 0 Å². The molecule has 0 aliphatic carbocycles. The van der Waals surface area contributed by atoms with E-state index in [1.165, 1.54) is 18.2 Å². The van der Waals surface area contributed by atoms with Crippen molar-refractivity contribution in [3.05, 3.63) is 42.1 Å². The molecular weight excluding hydrogens is 222 g/mol. The average molecular weight is 234 g/mol. The van der Waals surface area contributed by atoms with Crippen LogP contribution in [0.2, 0.25) is 0 Å². The van der Waals surface area contributed by atoms with Crippen molar-refractivity contribution in [1.82, 2.24) is 9.97 Å². The molecule has 0 atom stereocenters. The van der Waals surface area contributed by atoms with Crippen molar-refractivity contribution in [1.29, 1.82) is 0 Å². The number of benzene rings is 1. The number of rotatable bonds is 0. The first-order chi connectivity index (χ1) is 8.24. The van der Waals surface area contributed by atoms with Gasteiger partial charge in [-0.3, -0.25) is 0 Å². The van der Waals surface area contributed by atoms with Gasteiger partial charge in [-0.2, -0.15) is 0 Å². The largest absolute Gasteiger partial charge is 0.339 e. The number of pyridine rings is 1. The zero-order chi connectivity index (χ0) is 12.4. The summed E-state index contributed by atoms with van der Waals surface area (Å²) in [6, 6.07) is 5.69. The van der Waals surface area contributed by atoms with Crippen LogP contribution in [0.15, 0.2) is 30.5 Å². The molecular formula is C13H12F2N2. The molecule has 0 amide bonds. The van der Waals surface area contributed by atoms with Crippen molar-refractivity contribution in [3.63, 3.8) is 0 Å². The molecule has 0 saturated heterocycles. The number of fused-ring (bicyclic) bond motifs is 3. The van der Waals surface area contributed by atoms with Gasteiger partial charge in [0.2, 0.25) is 0 Å². The molecule has 2 nitrogen and oxygen atoms in total. The summed E-state index contributed by atoms with van der Waals surface area (Å²) in [5.41, 5.74) is 1.32. The third kappa shape index (κ3) is 1.98. The lowest BCUT2D eigenvalue weighted by molar-refractivity contribution is 0.624. The van der Waals surface area contributed by atoms with Gasteiger partial charge in [-0.05, 0) is 24.3 Å². The Balaban J connectivity index is 0.000000514. The second kappa shape index (κ2) is 4.49. The van der Waals surface area contributed by atoms with Gasteiger partial charge in [-0.1, -0.05) is 13.8 Å². The molecule has 3 rings (SSSR count). The van der Waals surface area contributed by atoms with E-state index in [9.17, 15) is 8.78 Å². The van der Waals surface area contributed by atoms with E-state index in [0.717, 1.165) is 11.7 Å². The zero-order valence-corrected chi connectivity index (χ0v) is 9.59. The highest BCUT2D eigenvalue weighted by Crippen LogP contribution is 2.24. The zero-order valence-electron chi connectivity index (χ0n) is 9.59. The third-order valence-corrected chi connectivity index (χ3v) is 2.38. The number of hydrogen-bond acceptors (Lipinski definition) is 1. The van der Waals surface area contributed by atoms with E-state index in [1.54, 1.807) is 6.07 Å². The quantitative estimate of drug-likeness (QED) is 0.625. The Hall–Kier alpha value is -1.97. The third-order valence-electron chi connectivity index (χ3n) is 2.38. The number of H-pyrrole nitrogens is 1. The van der Waals surface area contributed by atoms with Crippen LogP contribution < -0.4 is 0 Å². The monoisotopic (exact) mass is 234 g/mol. The number of hydrogen-bond donors (Lipinski definition) is 1. The lowest BCUT2D eigenvalue weighted by Gasteiger charge is -1.91. The summed E-state index contributed by atoms with van der Waals surface area (Å²) >= 11 is 0. The fraction of sp³-hybridized carbons (Fsp3) is 0.154. The fourth-order valence-corrected chi connectivity index (χ4v) is 1.72. The maximum absolute atomic E-state index is 13.0. The van der Waals surface area contributed by atoms with E-state index in [-0.39, 0.29) is 5.82 Å². The number of aromatic amines is 1. The Morgan fingerprint density at radius 3 is 2.47 bits per heavy atom. The van der Waals surface area contributed by atoms with E-state index in [4.69, 9.17) is 0 Å². The summed E-state index contributed by atoms with van der Waals surface area (Å²) in [5.74, 6) is -0.764. The summed E-state index contributed by atoms with van der Waals surface area (Å²) in [4.78, 5) is 6.88. The SMILES string of the molecule is CC.Fc1ccc2[nH]c3ncc(F)cc3c2c1. The van der Waals surface area contributed by atoms with Crippen molar-refractivity contribution in [2.24, 2.45) is 0 Å². The molecule has 0 saturated carbocycles. The Morgan fingerprint density at radius 1 is 1.00 bits per heavy atom. The minimum atomic E-state index is -0.423. The number of halogens is 2. The molecule has 2 heterocycles. The Bertz CT molecular complexity index is 603. The molecule has 3 aromatic rings. The fourth-order valence-electron chi connectivity index (χ4n) is 1.72. The van der Waals surface area contributed by atoms with Crippen LogP contribution in [0.25, 0.3) is 21.9 Å². The van der Waals surface area contributed by atoms with Crippen LogP contribution in [0.3, 0.4) is 0 Å². The molecule has 0 aliphatic rings. The van der Waals surface area contributed by atoms with Crippen molar-refractivity contribution >= 4 is 21.9 Å². The van der Waals surface area contributed by atoms with Crippen molar-refractivity contribution in [3.8, 4) is 0 Å². The molecule has 0 fully saturated rings. The molecule has 0 bridgehead atoms. The lowest BCUT2D eigenvalue weighted by atomic mass is 10.2. The van der Waals surface area contributed by atoms with Crippen molar-refractivity contribution in [2.45, 2.75) is 13.8 Å². The maximum atomic E-state index is 13.0. The van der Waals surface area contributed by atoms with Crippen LogP contribution in [-0.4, -0.2) is 9.97 Å². The summed E-state index contributed by atoms with van der Waals surface area (Å²) in [6.07, 6.45) is 1.13. The smallest absolute Gasteiger partial charge is 0.142 e. The van der Waals surface area contributed by atoms with E-state index in [2.05, 4.69) is 9.97 Å². The predicted molar refractivity (Wildman–Crippen MR) is 64.9 cm³/mol. The first kappa shape index (κ1) is 11.5. The number of nitrogens with zero attached hydrogens (tertiary/aromatic N) is 1. The van der Waals surface area contributed by atoms with Crippen LogP contribution in [-0.2, 0) is 0 Å². The van der Waals surface area contributed by atoms with Crippen LogP contribution in [0.5, 0.6) is 0 Å². The van der Waals surface area contributed by atoms with Gasteiger partial charge >= 0.3 is 0 Å². The standard InChI is InChI=1S/C11H6F2N2.C2H6/c12-6-1-2-10-8(3-6)9-4-7(13)5-14-11(9)15-10;1-2/h1-5H,(H,14,15);1-2H3. The van der Waals surface area contributed by atoms with Crippen molar-refractivity contribution < 1.29 is 8.78 Å². The molecule has 1 N–H and O–H groups in total. The molecule has 1 aromatic carbocycles. The topological polar surface area (TPSA) is 28.7 Å². The Labute approximate surface area is 97.3 Å². The molecule has 88 valence electrons. The van der Waals surface area contributed by atoms with Gasteiger partial charge < -0.3 is 4.98 Å². The first-order valence-electron chi connectivity index (χ1n) is 5.46. The van der Waals surface area contributed by atoms with Gasteiger partial charge in [0, 0.05) is 16.3 Å². The minimum absolute atomic E-state index is 0.340. The molecule has 0 unspecified atom stereocenters. The average Bonchev–Trinajstić information content (AvgIpc) is 2.69. The van der Waals surface area contributed by atoms with E-state index in [1.807, 2.05) is 13.8 Å². The molecule has 2 aromatic heterocycles.